The Balaban J connectivity index is 1.90. The van der Waals surface area contributed by atoms with Crippen molar-refractivity contribution in [3.05, 3.63) is 36.9 Å². The van der Waals surface area contributed by atoms with Gasteiger partial charge in [0.15, 0.2) is 0 Å². The molecule has 19 heavy (non-hydrogen) atoms. The van der Waals surface area contributed by atoms with Crippen LogP contribution in [0.2, 0.25) is 0 Å². The maximum absolute atomic E-state index is 10.3. The van der Waals surface area contributed by atoms with Crippen LogP contribution >= 0.6 is 0 Å². The van der Waals surface area contributed by atoms with E-state index in [1.807, 2.05) is 12.1 Å². The number of hydrogen-bond donors (Lipinski definition) is 2. The fraction of sp³-hybridized carbons (Fsp3) is 0.231. The molecule has 2 N–H and O–H groups in total. The van der Waals surface area contributed by atoms with Crippen LogP contribution in [0.4, 0.5) is 5.95 Å². The normalized spacial score (nSPS) is 10.1. The largest absolute Gasteiger partial charge is 0.481 e. The summed E-state index contributed by atoms with van der Waals surface area (Å²) in [4.78, 5) is 22.7. The lowest BCUT2D eigenvalue weighted by molar-refractivity contribution is -0.137. The third-order valence-electron chi connectivity index (χ3n) is 2.52. The molecule has 0 saturated carbocycles. The Bertz CT molecular complexity index is 528. The van der Waals surface area contributed by atoms with Gasteiger partial charge < -0.3 is 10.4 Å². The molecule has 0 spiro atoms. The summed E-state index contributed by atoms with van der Waals surface area (Å²) in [6.45, 7) is 0.543. The quantitative estimate of drug-likeness (QED) is 0.768. The van der Waals surface area contributed by atoms with Crippen LogP contribution in [0.25, 0.3) is 11.1 Å². The number of nitrogens with one attached hydrogen (secondary N) is 1. The lowest BCUT2D eigenvalue weighted by Crippen LogP contribution is -2.07. The highest BCUT2D eigenvalue weighted by atomic mass is 16.4. The highest BCUT2D eigenvalue weighted by Gasteiger charge is 2.00. The van der Waals surface area contributed by atoms with Crippen LogP contribution in [-0.4, -0.2) is 32.6 Å². The van der Waals surface area contributed by atoms with Crippen molar-refractivity contribution in [2.75, 3.05) is 11.9 Å². The molecule has 0 aromatic carbocycles. The fourth-order valence-corrected chi connectivity index (χ4v) is 1.55. The first-order valence-corrected chi connectivity index (χ1v) is 5.94. The van der Waals surface area contributed by atoms with E-state index in [0.717, 1.165) is 11.1 Å². The number of nitrogens with zero attached hydrogens (tertiary/aromatic N) is 3. The summed E-state index contributed by atoms with van der Waals surface area (Å²) in [7, 11) is 0. The first kappa shape index (κ1) is 12.9. The smallest absolute Gasteiger partial charge is 0.303 e. The number of carboxylic acids is 1. The van der Waals surface area contributed by atoms with Crippen molar-refractivity contribution >= 4 is 11.9 Å². The fourth-order valence-electron chi connectivity index (χ4n) is 1.55. The molecule has 2 heterocycles. The molecular weight excluding hydrogens is 244 g/mol. The molecule has 0 saturated heterocycles. The van der Waals surface area contributed by atoms with Crippen molar-refractivity contribution in [3.63, 3.8) is 0 Å². The molecule has 0 unspecified atom stereocenters. The van der Waals surface area contributed by atoms with E-state index in [4.69, 9.17) is 5.11 Å². The number of rotatable bonds is 6. The van der Waals surface area contributed by atoms with Crippen LogP contribution < -0.4 is 5.32 Å². The van der Waals surface area contributed by atoms with Gasteiger partial charge in [0, 0.05) is 43.3 Å². The van der Waals surface area contributed by atoms with E-state index < -0.39 is 5.97 Å². The lowest BCUT2D eigenvalue weighted by atomic mass is 10.1. The standard InChI is InChI=1S/C13H14N4O2/c18-12(19)2-1-5-15-13-16-8-11(9-17-13)10-3-6-14-7-4-10/h3-4,6-9H,1-2,5H2,(H,18,19)(H,15,16,17). The highest BCUT2D eigenvalue weighted by molar-refractivity contribution is 5.66. The van der Waals surface area contributed by atoms with Gasteiger partial charge in [-0.1, -0.05) is 0 Å². The van der Waals surface area contributed by atoms with E-state index >= 15 is 0 Å². The number of aromatic nitrogens is 3. The average molecular weight is 258 g/mol. The zero-order valence-electron chi connectivity index (χ0n) is 10.3. The molecule has 98 valence electrons. The van der Waals surface area contributed by atoms with Crippen molar-refractivity contribution in [2.45, 2.75) is 12.8 Å². The maximum Gasteiger partial charge on any atom is 0.303 e. The van der Waals surface area contributed by atoms with Gasteiger partial charge in [0.2, 0.25) is 5.95 Å². The molecule has 0 aliphatic heterocycles. The van der Waals surface area contributed by atoms with E-state index in [1.54, 1.807) is 24.8 Å². The number of aliphatic carboxylic acids is 1. The van der Waals surface area contributed by atoms with E-state index in [1.165, 1.54) is 0 Å². The summed E-state index contributed by atoms with van der Waals surface area (Å²) in [6, 6.07) is 3.78. The first-order chi connectivity index (χ1) is 9.25. The van der Waals surface area contributed by atoms with Gasteiger partial charge in [-0.25, -0.2) is 9.97 Å². The second-order valence-electron chi connectivity index (χ2n) is 3.96. The van der Waals surface area contributed by atoms with E-state index in [2.05, 4.69) is 20.3 Å². The van der Waals surface area contributed by atoms with Crippen molar-refractivity contribution < 1.29 is 9.90 Å². The number of pyridine rings is 1. The van der Waals surface area contributed by atoms with Gasteiger partial charge in [0.05, 0.1) is 0 Å². The summed E-state index contributed by atoms with van der Waals surface area (Å²) < 4.78 is 0. The molecule has 6 heteroatoms. The summed E-state index contributed by atoms with van der Waals surface area (Å²) in [5.74, 6) is -0.293. The molecule has 0 amide bonds. The minimum absolute atomic E-state index is 0.141. The lowest BCUT2D eigenvalue weighted by Gasteiger charge is -2.04. The van der Waals surface area contributed by atoms with Crippen LogP contribution in [-0.2, 0) is 4.79 Å². The predicted molar refractivity (Wildman–Crippen MR) is 70.6 cm³/mol. The SMILES string of the molecule is O=C(O)CCCNc1ncc(-c2ccncc2)cn1. The summed E-state index contributed by atoms with van der Waals surface area (Å²) in [5, 5.41) is 11.5. The maximum atomic E-state index is 10.3. The molecule has 0 radical (unpaired) electrons. The molecule has 0 atom stereocenters. The summed E-state index contributed by atoms with van der Waals surface area (Å²) in [5.41, 5.74) is 1.92. The monoisotopic (exact) mass is 258 g/mol. The zero-order valence-corrected chi connectivity index (χ0v) is 10.3. The van der Waals surface area contributed by atoms with Gasteiger partial charge in [-0.15, -0.1) is 0 Å². The van der Waals surface area contributed by atoms with E-state index in [0.29, 0.717) is 18.9 Å². The van der Waals surface area contributed by atoms with E-state index in [-0.39, 0.29) is 6.42 Å². The number of anilines is 1. The summed E-state index contributed by atoms with van der Waals surface area (Å²) >= 11 is 0. The second-order valence-corrected chi connectivity index (χ2v) is 3.96. The van der Waals surface area contributed by atoms with Crippen LogP contribution in [0.5, 0.6) is 0 Å². The van der Waals surface area contributed by atoms with Gasteiger partial charge in [0.1, 0.15) is 0 Å². The third-order valence-corrected chi connectivity index (χ3v) is 2.52. The number of carbonyl (C=O) groups is 1. The molecule has 0 fully saturated rings. The Morgan fingerprint density at radius 3 is 2.47 bits per heavy atom. The highest BCUT2D eigenvalue weighted by Crippen LogP contribution is 2.16. The van der Waals surface area contributed by atoms with Crippen molar-refractivity contribution in [2.24, 2.45) is 0 Å². The Hall–Kier alpha value is -2.50. The first-order valence-electron chi connectivity index (χ1n) is 5.94. The topological polar surface area (TPSA) is 88.0 Å². The van der Waals surface area contributed by atoms with Gasteiger partial charge in [-0.2, -0.15) is 0 Å². The summed E-state index contributed by atoms with van der Waals surface area (Å²) in [6.07, 6.45) is 7.57. The Morgan fingerprint density at radius 2 is 1.84 bits per heavy atom. The Morgan fingerprint density at radius 1 is 1.16 bits per heavy atom. The van der Waals surface area contributed by atoms with Gasteiger partial charge in [0.25, 0.3) is 0 Å². The van der Waals surface area contributed by atoms with Crippen molar-refractivity contribution in [1.82, 2.24) is 15.0 Å². The van der Waals surface area contributed by atoms with Crippen LogP contribution in [0, 0.1) is 0 Å². The minimum atomic E-state index is -0.796. The van der Waals surface area contributed by atoms with Crippen LogP contribution in [0.15, 0.2) is 36.9 Å². The minimum Gasteiger partial charge on any atom is -0.481 e. The number of hydrogen-bond acceptors (Lipinski definition) is 5. The van der Waals surface area contributed by atoms with E-state index in [9.17, 15) is 4.79 Å². The van der Waals surface area contributed by atoms with Crippen molar-refractivity contribution in [1.29, 1.82) is 0 Å². The molecule has 2 rings (SSSR count). The Kier molecular flexibility index (Phi) is 4.39. The molecule has 0 aliphatic carbocycles. The molecule has 6 nitrogen and oxygen atoms in total. The van der Waals surface area contributed by atoms with Gasteiger partial charge in [-0.05, 0) is 24.1 Å². The Labute approximate surface area is 110 Å². The van der Waals surface area contributed by atoms with Crippen LogP contribution in [0.3, 0.4) is 0 Å². The van der Waals surface area contributed by atoms with Crippen LogP contribution in [0.1, 0.15) is 12.8 Å². The number of carboxylic acid groups (broad SMARTS) is 1. The molecule has 2 aromatic rings. The van der Waals surface area contributed by atoms with Gasteiger partial charge in [-0.3, -0.25) is 9.78 Å². The predicted octanol–water partition coefficient (Wildman–Crippen LogP) is 1.82. The van der Waals surface area contributed by atoms with Crippen molar-refractivity contribution in [3.8, 4) is 11.1 Å². The molecule has 0 bridgehead atoms. The zero-order chi connectivity index (χ0) is 13.5. The average Bonchev–Trinajstić information content (AvgIpc) is 2.45. The second kappa shape index (κ2) is 6.44. The molecule has 0 aliphatic rings. The molecule has 2 aromatic heterocycles. The third kappa shape index (κ3) is 4.02. The molecular formula is C13H14N4O2. The van der Waals surface area contributed by atoms with Gasteiger partial charge >= 0.3 is 5.97 Å².